The molecular weight excluding hydrogens is 362 g/mol. The van der Waals surface area contributed by atoms with Gasteiger partial charge < -0.3 is 9.88 Å². The maximum Gasteiger partial charge on any atom is 0.310 e. The summed E-state index contributed by atoms with van der Waals surface area (Å²) >= 11 is 0. The van der Waals surface area contributed by atoms with Crippen molar-refractivity contribution in [2.24, 2.45) is 0 Å². The van der Waals surface area contributed by atoms with Crippen LogP contribution in [0.2, 0.25) is 0 Å². The molecule has 0 radical (unpaired) electrons. The van der Waals surface area contributed by atoms with Crippen LogP contribution in [0.5, 0.6) is 0 Å². The van der Waals surface area contributed by atoms with E-state index in [0.29, 0.717) is 5.69 Å². The van der Waals surface area contributed by atoms with Crippen molar-refractivity contribution in [2.75, 3.05) is 5.32 Å². The molecule has 2 aromatic rings. The van der Waals surface area contributed by atoms with Crippen LogP contribution in [0.3, 0.4) is 0 Å². The van der Waals surface area contributed by atoms with Crippen molar-refractivity contribution >= 4 is 11.6 Å². The van der Waals surface area contributed by atoms with Gasteiger partial charge in [0.25, 0.3) is 0 Å². The molecule has 0 aliphatic heterocycles. The maximum atomic E-state index is 13.7. The largest absolute Gasteiger partial charge is 0.325 e. The van der Waals surface area contributed by atoms with Gasteiger partial charge in [-0.2, -0.15) is 9.37 Å². The van der Waals surface area contributed by atoms with E-state index in [1.54, 1.807) is 6.07 Å². The van der Waals surface area contributed by atoms with Crippen LogP contribution in [0.15, 0.2) is 52.5 Å². The molecule has 1 N–H and O–H groups in total. The fourth-order valence-corrected chi connectivity index (χ4v) is 2.87. The highest BCUT2D eigenvalue weighted by molar-refractivity contribution is 5.59. The molecule has 1 unspecified atom stereocenters. The van der Waals surface area contributed by atoms with E-state index in [4.69, 9.17) is 0 Å². The van der Waals surface area contributed by atoms with Crippen LogP contribution < -0.4 is 10.9 Å². The number of nitrogens with zero attached hydrogens (tertiary/aromatic N) is 2. The lowest BCUT2D eigenvalue weighted by Crippen LogP contribution is -2.21. The molecule has 0 fully saturated rings. The maximum absolute atomic E-state index is 13.7. The number of aromatic nitrogens is 2. The molecule has 3 rings (SSSR count). The number of hydrogen-bond acceptors (Lipinski definition) is 3. The van der Waals surface area contributed by atoms with Gasteiger partial charge in [0.2, 0.25) is 11.8 Å². The molecule has 1 aliphatic rings. The zero-order valence-corrected chi connectivity index (χ0v) is 14.7. The van der Waals surface area contributed by atoms with Crippen molar-refractivity contribution < 1.29 is 17.6 Å². The van der Waals surface area contributed by atoms with Crippen LogP contribution in [0, 0.1) is 19.7 Å². The first-order chi connectivity index (χ1) is 12.7. The minimum absolute atomic E-state index is 0.0140. The lowest BCUT2D eigenvalue weighted by Gasteiger charge is -2.19. The number of alkyl halides is 1. The summed E-state index contributed by atoms with van der Waals surface area (Å²) in [5.74, 6) is -3.82. The number of allylic oxidation sites excluding steroid dienone is 4. The highest BCUT2D eigenvalue weighted by Crippen LogP contribution is 2.30. The van der Waals surface area contributed by atoms with Gasteiger partial charge in [0.1, 0.15) is 0 Å². The van der Waals surface area contributed by atoms with E-state index in [1.165, 1.54) is 4.57 Å². The van der Waals surface area contributed by atoms with Gasteiger partial charge in [-0.3, -0.25) is 4.79 Å². The minimum atomic E-state index is -2.09. The monoisotopic (exact) mass is 379 g/mol. The Bertz CT molecular complexity index is 1010. The van der Waals surface area contributed by atoms with E-state index >= 15 is 0 Å². The summed E-state index contributed by atoms with van der Waals surface area (Å²) in [5.41, 5.74) is 1.70. The Labute approximate surface area is 152 Å². The molecule has 142 valence electrons. The zero-order chi connectivity index (χ0) is 19.7. The van der Waals surface area contributed by atoms with Crippen LogP contribution in [0.25, 0.3) is 0 Å². The van der Waals surface area contributed by atoms with E-state index in [9.17, 15) is 22.4 Å². The van der Waals surface area contributed by atoms with Gasteiger partial charge >= 0.3 is 5.56 Å². The fraction of sp³-hybridized carbons (Fsp3) is 0.263. The van der Waals surface area contributed by atoms with Gasteiger partial charge in [0.15, 0.2) is 17.8 Å². The molecular formula is C19H17F4N3O. The third-order valence-electron chi connectivity index (χ3n) is 4.23. The summed E-state index contributed by atoms with van der Waals surface area (Å²) in [7, 11) is 0. The molecule has 0 spiro atoms. The highest BCUT2D eigenvalue weighted by Gasteiger charge is 2.25. The third kappa shape index (κ3) is 4.10. The normalized spacial score (nSPS) is 17.1. The second-order valence-corrected chi connectivity index (χ2v) is 6.46. The number of hydrogen-bond donors (Lipinski definition) is 1. The Morgan fingerprint density at radius 1 is 1.26 bits per heavy atom. The first-order valence-corrected chi connectivity index (χ1v) is 8.24. The van der Waals surface area contributed by atoms with E-state index in [-0.39, 0.29) is 24.5 Å². The molecule has 0 bridgehead atoms. The van der Waals surface area contributed by atoms with Gasteiger partial charge in [-0.15, -0.1) is 0 Å². The minimum Gasteiger partial charge on any atom is -0.325 e. The quantitative estimate of drug-likeness (QED) is 0.792. The van der Waals surface area contributed by atoms with Crippen molar-refractivity contribution in [1.82, 2.24) is 9.55 Å². The Morgan fingerprint density at radius 3 is 2.67 bits per heavy atom. The highest BCUT2D eigenvalue weighted by atomic mass is 19.2. The number of anilines is 2. The molecule has 0 saturated heterocycles. The summed E-state index contributed by atoms with van der Waals surface area (Å²) in [4.78, 5) is 15.3. The average molecular weight is 379 g/mol. The van der Waals surface area contributed by atoms with E-state index in [1.807, 2.05) is 26.0 Å². The predicted octanol–water partition coefficient (Wildman–Crippen LogP) is 4.56. The van der Waals surface area contributed by atoms with E-state index in [0.717, 1.165) is 23.4 Å². The smallest absolute Gasteiger partial charge is 0.310 e. The molecule has 8 heteroatoms. The molecule has 27 heavy (non-hydrogen) atoms. The Kier molecular flexibility index (Phi) is 5.16. The molecule has 0 amide bonds. The summed E-state index contributed by atoms with van der Waals surface area (Å²) in [5, 5.41) is 2.94. The molecule has 1 aromatic carbocycles. The van der Waals surface area contributed by atoms with Crippen LogP contribution in [0.4, 0.5) is 29.2 Å². The molecule has 1 aromatic heterocycles. The van der Waals surface area contributed by atoms with Crippen molar-refractivity contribution in [2.45, 2.75) is 33.0 Å². The lowest BCUT2D eigenvalue weighted by molar-refractivity contribution is 0.302. The number of rotatable bonds is 4. The van der Waals surface area contributed by atoms with Crippen molar-refractivity contribution in [3.8, 4) is 0 Å². The molecule has 1 heterocycles. The second-order valence-electron chi connectivity index (χ2n) is 6.46. The van der Waals surface area contributed by atoms with Crippen LogP contribution >= 0.6 is 0 Å². The van der Waals surface area contributed by atoms with Gasteiger partial charge in [0, 0.05) is 24.8 Å². The lowest BCUT2D eigenvalue weighted by atomic mass is 10.0. The summed E-state index contributed by atoms with van der Waals surface area (Å²) in [6.07, 6.45) is -0.668. The second kappa shape index (κ2) is 7.38. The third-order valence-corrected chi connectivity index (χ3v) is 4.23. The Hall–Kier alpha value is -2.90. The van der Waals surface area contributed by atoms with Gasteiger partial charge in [0.05, 0.1) is 0 Å². The summed E-state index contributed by atoms with van der Waals surface area (Å²) < 4.78 is 55.2. The van der Waals surface area contributed by atoms with Crippen LogP contribution in [0.1, 0.15) is 17.5 Å². The van der Waals surface area contributed by atoms with Gasteiger partial charge in [-0.25, -0.2) is 13.2 Å². The number of nitrogens with one attached hydrogen (secondary N) is 1. The fourth-order valence-electron chi connectivity index (χ4n) is 2.87. The molecule has 4 nitrogen and oxygen atoms in total. The van der Waals surface area contributed by atoms with Gasteiger partial charge in [-0.05, 0) is 37.1 Å². The number of halogens is 4. The van der Waals surface area contributed by atoms with Crippen LogP contribution in [-0.2, 0) is 6.54 Å². The standard InChI is InChI=1S/C19H17F4N3O/c1-10-3-4-16(11(2)5-10)24-19-25-18(27)15(22)9-26(19)8-12-6-13(20)17(23)14(21)7-12/h3-6,9,14H,7-8H2,1-2H3,(H,24,25,27). The van der Waals surface area contributed by atoms with Crippen LogP contribution in [-0.4, -0.2) is 15.7 Å². The predicted molar refractivity (Wildman–Crippen MR) is 94.5 cm³/mol. The SMILES string of the molecule is Cc1ccc(Nc2nc(=O)c(F)cn2CC2=CC(F)=C(F)C(F)C2)c(C)c1. The summed E-state index contributed by atoms with van der Waals surface area (Å²) in [6.45, 7) is 3.62. The topological polar surface area (TPSA) is 46.9 Å². The Balaban J connectivity index is 1.97. The average Bonchev–Trinajstić information content (AvgIpc) is 2.59. The Morgan fingerprint density at radius 2 is 2.00 bits per heavy atom. The van der Waals surface area contributed by atoms with Crippen molar-refractivity contribution in [3.05, 3.63) is 75.0 Å². The molecule has 0 saturated carbocycles. The molecule has 1 aliphatic carbocycles. The van der Waals surface area contributed by atoms with E-state index in [2.05, 4.69) is 10.3 Å². The van der Waals surface area contributed by atoms with Crippen molar-refractivity contribution in [3.63, 3.8) is 0 Å². The van der Waals surface area contributed by atoms with E-state index < -0.39 is 29.2 Å². The first-order valence-electron chi connectivity index (χ1n) is 8.24. The van der Waals surface area contributed by atoms with Crippen molar-refractivity contribution in [1.29, 1.82) is 0 Å². The number of benzene rings is 1. The summed E-state index contributed by atoms with van der Waals surface area (Å²) in [6, 6.07) is 5.54. The first kappa shape index (κ1) is 18.9. The molecule has 1 atom stereocenters. The zero-order valence-electron chi connectivity index (χ0n) is 14.7. The number of aryl methyl sites for hydroxylation is 2. The van der Waals surface area contributed by atoms with Gasteiger partial charge in [-0.1, -0.05) is 17.7 Å².